The predicted molar refractivity (Wildman–Crippen MR) is 116 cm³/mol. The number of hydrogen-bond donors (Lipinski definition) is 2. The summed E-state index contributed by atoms with van der Waals surface area (Å²) in [5, 5.41) is 6.64. The molecule has 2 N–H and O–H groups in total. The molecule has 2 aliphatic heterocycles. The SMILES string of the molecule is CCOc1ccc(C2(CNC(=O)C3(COC)CCNCC3)CCOCC2)cc1.Cl. The lowest BCUT2D eigenvalue weighted by molar-refractivity contribution is -0.136. The van der Waals surface area contributed by atoms with Gasteiger partial charge in [0, 0.05) is 32.3 Å². The molecule has 1 aromatic rings. The summed E-state index contributed by atoms with van der Waals surface area (Å²) in [4.78, 5) is 13.2. The van der Waals surface area contributed by atoms with E-state index in [1.807, 2.05) is 19.1 Å². The highest BCUT2D eigenvalue weighted by atomic mass is 35.5. The van der Waals surface area contributed by atoms with E-state index in [0.717, 1.165) is 57.7 Å². The quantitative estimate of drug-likeness (QED) is 0.668. The first-order valence-electron chi connectivity index (χ1n) is 10.4. The first kappa shape index (κ1) is 23.9. The third-order valence-corrected chi connectivity index (χ3v) is 6.28. The maximum atomic E-state index is 13.2. The summed E-state index contributed by atoms with van der Waals surface area (Å²) in [6.45, 7) is 6.89. The Hall–Kier alpha value is -1.34. The van der Waals surface area contributed by atoms with Gasteiger partial charge >= 0.3 is 0 Å². The van der Waals surface area contributed by atoms with Crippen LogP contribution in [0.25, 0.3) is 0 Å². The Bertz CT molecular complexity index is 621. The van der Waals surface area contributed by atoms with Gasteiger partial charge in [0.2, 0.25) is 5.91 Å². The summed E-state index contributed by atoms with van der Waals surface area (Å²) >= 11 is 0. The summed E-state index contributed by atoms with van der Waals surface area (Å²) in [5.74, 6) is 0.999. The maximum Gasteiger partial charge on any atom is 0.228 e. The minimum Gasteiger partial charge on any atom is -0.494 e. The summed E-state index contributed by atoms with van der Waals surface area (Å²) < 4.78 is 16.6. The Labute approximate surface area is 180 Å². The molecule has 7 heteroatoms. The second-order valence-corrected chi connectivity index (χ2v) is 8.00. The van der Waals surface area contributed by atoms with Crippen molar-refractivity contribution in [3.8, 4) is 5.75 Å². The topological polar surface area (TPSA) is 68.8 Å². The first-order chi connectivity index (χ1) is 13.6. The fourth-order valence-electron chi connectivity index (χ4n) is 4.46. The van der Waals surface area contributed by atoms with E-state index in [-0.39, 0.29) is 23.7 Å². The lowest BCUT2D eigenvalue weighted by Crippen LogP contribution is -2.53. The second kappa shape index (κ2) is 11.2. The second-order valence-electron chi connectivity index (χ2n) is 8.00. The summed E-state index contributed by atoms with van der Waals surface area (Å²) in [7, 11) is 1.68. The normalized spacial score (nSPS) is 20.3. The van der Waals surface area contributed by atoms with Gasteiger partial charge in [0.25, 0.3) is 0 Å². The van der Waals surface area contributed by atoms with Crippen molar-refractivity contribution in [1.82, 2.24) is 10.6 Å². The minimum atomic E-state index is -0.425. The van der Waals surface area contributed by atoms with Crippen molar-refractivity contribution < 1.29 is 19.0 Å². The van der Waals surface area contributed by atoms with Crippen LogP contribution >= 0.6 is 12.4 Å². The monoisotopic (exact) mass is 426 g/mol. The van der Waals surface area contributed by atoms with E-state index in [1.54, 1.807) is 7.11 Å². The van der Waals surface area contributed by atoms with Crippen molar-refractivity contribution in [1.29, 1.82) is 0 Å². The van der Waals surface area contributed by atoms with Crippen LogP contribution in [0, 0.1) is 5.41 Å². The van der Waals surface area contributed by atoms with Crippen LogP contribution in [0.15, 0.2) is 24.3 Å². The van der Waals surface area contributed by atoms with Crippen LogP contribution < -0.4 is 15.4 Å². The van der Waals surface area contributed by atoms with Crippen LogP contribution in [0.1, 0.15) is 38.2 Å². The zero-order valence-corrected chi connectivity index (χ0v) is 18.4. The largest absolute Gasteiger partial charge is 0.494 e. The number of piperidine rings is 1. The smallest absolute Gasteiger partial charge is 0.228 e. The molecule has 0 aromatic heterocycles. The molecule has 3 rings (SSSR count). The Balaban J connectivity index is 0.00000300. The van der Waals surface area contributed by atoms with Gasteiger partial charge in [-0.05, 0) is 63.4 Å². The number of amides is 1. The molecule has 2 heterocycles. The zero-order valence-electron chi connectivity index (χ0n) is 17.6. The highest BCUT2D eigenvalue weighted by Crippen LogP contribution is 2.36. The molecule has 6 nitrogen and oxygen atoms in total. The molecule has 2 fully saturated rings. The van der Waals surface area contributed by atoms with Crippen molar-refractivity contribution in [3.05, 3.63) is 29.8 Å². The molecule has 1 amide bonds. The molecule has 0 saturated carbocycles. The van der Waals surface area contributed by atoms with E-state index < -0.39 is 5.41 Å². The van der Waals surface area contributed by atoms with Crippen LogP contribution in [-0.2, 0) is 19.7 Å². The van der Waals surface area contributed by atoms with Crippen molar-refractivity contribution in [2.45, 2.75) is 38.0 Å². The number of carbonyl (C=O) groups excluding carboxylic acids is 1. The van der Waals surface area contributed by atoms with Crippen molar-refractivity contribution in [2.24, 2.45) is 5.41 Å². The highest BCUT2D eigenvalue weighted by Gasteiger charge is 2.41. The molecule has 1 aromatic carbocycles. The van der Waals surface area contributed by atoms with Crippen molar-refractivity contribution in [3.63, 3.8) is 0 Å². The summed E-state index contributed by atoms with van der Waals surface area (Å²) in [6, 6.07) is 8.32. The molecule has 2 aliphatic rings. The van der Waals surface area contributed by atoms with Gasteiger partial charge in [0.05, 0.1) is 18.6 Å². The molecular weight excluding hydrogens is 392 g/mol. The van der Waals surface area contributed by atoms with E-state index in [4.69, 9.17) is 14.2 Å². The summed E-state index contributed by atoms with van der Waals surface area (Å²) in [5.41, 5.74) is 0.719. The number of hydrogen-bond acceptors (Lipinski definition) is 5. The number of carbonyl (C=O) groups is 1. The van der Waals surface area contributed by atoms with E-state index in [2.05, 4.69) is 22.8 Å². The number of halogens is 1. The molecule has 164 valence electrons. The van der Waals surface area contributed by atoms with Gasteiger partial charge in [-0.3, -0.25) is 4.79 Å². The molecule has 2 saturated heterocycles. The molecular formula is C22H35ClN2O4. The Morgan fingerprint density at radius 3 is 2.38 bits per heavy atom. The van der Waals surface area contributed by atoms with Gasteiger partial charge < -0.3 is 24.8 Å². The summed E-state index contributed by atoms with van der Waals surface area (Å²) in [6.07, 6.45) is 3.43. The number of ether oxygens (including phenoxy) is 3. The molecule has 0 radical (unpaired) electrons. The fourth-order valence-corrected chi connectivity index (χ4v) is 4.46. The zero-order chi connectivity index (χ0) is 19.9. The fraction of sp³-hybridized carbons (Fsp3) is 0.682. The van der Waals surface area contributed by atoms with Crippen LogP contribution in [0.5, 0.6) is 5.75 Å². The lowest BCUT2D eigenvalue weighted by atomic mass is 9.73. The molecule has 0 atom stereocenters. The Kier molecular flexibility index (Phi) is 9.21. The molecule has 0 bridgehead atoms. The average Bonchev–Trinajstić information content (AvgIpc) is 2.74. The molecule has 0 unspecified atom stereocenters. The van der Waals surface area contributed by atoms with Gasteiger partial charge in [-0.2, -0.15) is 0 Å². The van der Waals surface area contributed by atoms with Gasteiger partial charge in [-0.15, -0.1) is 12.4 Å². The van der Waals surface area contributed by atoms with Gasteiger partial charge in [0.1, 0.15) is 5.75 Å². The minimum absolute atomic E-state index is 0. The van der Waals surface area contributed by atoms with Gasteiger partial charge in [-0.25, -0.2) is 0 Å². The third-order valence-electron chi connectivity index (χ3n) is 6.28. The van der Waals surface area contributed by atoms with Gasteiger partial charge in [-0.1, -0.05) is 12.1 Å². The average molecular weight is 427 g/mol. The van der Waals surface area contributed by atoms with E-state index in [9.17, 15) is 4.79 Å². The standard InChI is InChI=1S/C22H34N2O4.ClH/c1-3-28-19-6-4-18(5-7-19)21(10-14-27-15-11-21)16-24-20(25)22(17-26-2)8-12-23-13-9-22;/h4-7,23H,3,8-17H2,1-2H3,(H,24,25);1H. The Morgan fingerprint density at radius 1 is 1.14 bits per heavy atom. The van der Waals surface area contributed by atoms with Gasteiger partial charge in [0.15, 0.2) is 0 Å². The van der Waals surface area contributed by atoms with Crippen molar-refractivity contribution in [2.75, 3.05) is 53.2 Å². The van der Waals surface area contributed by atoms with Crippen LogP contribution in [0.3, 0.4) is 0 Å². The third kappa shape index (κ3) is 5.63. The van der Waals surface area contributed by atoms with E-state index in [1.165, 1.54) is 5.56 Å². The first-order valence-corrected chi connectivity index (χ1v) is 10.4. The van der Waals surface area contributed by atoms with Crippen molar-refractivity contribution >= 4 is 18.3 Å². The Morgan fingerprint density at radius 2 is 1.79 bits per heavy atom. The molecule has 0 spiro atoms. The highest BCUT2D eigenvalue weighted by molar-refractivity contribution is 5.85. The predicted octanol–water partition coefficient (Wildman–Crippen LogP) is 2.69. The number of nitrogens with one attached hydrogen (secondary N) is 2. The lowest BCUT2D eigenvalue weighted by Gasteiger charge is -2.40. The van der Waals surface area contributed by atoms with E-state index >= 15 is 0 Å². The number of benzene rings is 1. The number of methoxy groups -OCH3 is 1. The molecule has 29 heavy (non-hydrogen) atoms. The van der Waals surface area contributed by atoms with E-state index in [0.29, 0.717) is 19.8 Å². The molecule has 0 aliphatic carbocycles. The van der Waals surface area contributed by atoms with Crippen LogP contribution in [-0.4, -0.2) is 59.1 Å². The van der Waals surface area contributed by atoms with Crippen LogP contribution in [0.4, 0.5) is 0 Å². The van der Waals surface area contributed by atoms with Crippen LogP contribution in [0.2, 0.25) is 0 Å². The maximum absolute atomic E-state index is 13.2. The number of rotatable bonds is 8.